The van der Waals surface area contributed by atoms with E-state index < -0.39 is 11.9 Å². The summed E-state index contributed by atoms with van der Waals surface area (Å²) in [7, 11) is 1.43. The molecule has 0 amide bonds. The maximum Gasteiger partial charge on any atom is 0.349 e. The van der Waals surface area contributed by atoms with Gasteiger partial charge in [0.1, 0.15) is 5.76 Å². The monoisotopic (exact) mass is 258 g/mol. The lowest BCUT2D eigenvalue weighted by Crippen LogP contribution is -2.21. The molecule has 0 saturated heterocycles. The van der Waals surface area contributed by atoms with Gasteiger partial charge in [-0.05, 0) is 19.8 Å². The molecule has 0 heterocycles. The molecule has 0 atom stereocenters. The van der Waals surface area contributed by atoms with Crippen LogP contribution in [0, 0.1) is 5.92 Å². The summed E-state index contributed by atoms with van der Waals surface area (Å²) in [5, 5.41) is 0. The zero-order valence-electron chi connectivity index (χ0n) is 11.7. The molecule has 0 aliphatic heterocycles. The molecule has 0 bridgehead atoms. The Morgan fingerprint density at radius 2 is 1.44 bits per heavy atom. The Kier molecular flexibility index (Phi) is 7.83. The third-order valence-corrected chi connectivity index (χ3v) is 2.08. The number of methoxy groups -OCH3 is 1. The molecule has 0 saturated carbocycles. The highest BCUT2D eigenvalue weighted by atomic mass is 16.6. The van der Waals surface area contributed by atoms with Gasteiger partial charge in [-0.15, -0.1) is 0 Å². The highest BCUT2D eigenvalue weighted by molar-refractivity contribution is 6.14. The number of esters is 2. The largest absolute Gasteiger partial charge is 0.500 e. The van der Waals surface area contributed by atoms with Gasteiger partial charge in [0.2, 0.25) is 0 Å². The van der Waals surface area contributed by atoms with Crippen molar-refractivity contribution in [2.75, 3.05) is 20.3 Å². The van der Waals surface area contributed by atoms with Crippen LogP contribution in [0.1, 0.15) is 34.1 Å². The van der Waals surface area contributed by atoms with Crippen LogP contribution in [0.2, 0.25) is 0 Å². The van der Waals surface area contributed by atoms with Crippen LogP contribution in [-0.4, -0.2) is 32.3 Å². The summed E-state index contributed by atoms with van der Waals surface area (Å²) in [4.78, 5) is 23.6. The molecule has 0 spiro atoms. The first-order chi connectivity index (χ1) is 8.47. The lowest BCUT2D eigenvalue weighted by atomic mass is 10.1. The van der Waals surface area contributed by atoms with Gasteiger partial charge in [0.05, 0.1) is 20.3 Å². The minimum absolute atomic E-state index is 0.144. The molecule has 5 nitrogen and oxygen atoms in total. The summed E-state index contributed by atoms with van der Waals surface area (Å²) in [6.45, 7) is 7.67. The van der Waals surface area contributed by atoms with Gasteiger partial charge in [0, 0.05) is 6.42 Å². The number of allylic oxidation sites excluding steroid dienone is 1. The molecule has 0 unspecified atom stereocenters. The van der Waals surface area contributed by atoms with E-state index in [9.17, 15) is 9.59 Å². The second-order valence-electron chi connectivity index (χ2n) is 4.04. The van der Waals surface area contributed by atoms with E-state index in [4.69, 9.17) is 14.2 Å². The first kappa shape index (κ1) is 16.5. The van der Waals surface area contributed by atoms with Crippen LogP contribution < -0.4 is 0 Å². The van der Waals surface area contributed by atoms with Crippen molar-refractivity contribution in [3.05, 3.63) is 11.3 Å². The molecular formula is C13H22O5. The maximum atomic E-state index is 11.8. The van der Waals surface area contributed by atoms with E-state index in [-0.39, 0.29) is 24.7 Å². The van der Waals surface area contributed by atoms with E-state index in [1.54, 1.807) is 13.8 Å². The smallest absolute Gasteiger partial charge is 0.349 e. The topological polar surface area (TPSA) is 61.8 Å². The highest BCUT2D eigenvalue weighted by Gasteiger charge is 2.27. The van der Waals surface area contributed by atoms with Crippen molar-refractivity contribution >= 4 is 11.9 Å². The van der Waals surface area contributed by atoms with Crippen LogP contribution in [0.25, 0.3) is 0 Å². The van der Waals surface area contributed by atoms with Gasteiger partial charge < -0.3 is 14.2 Å². The number of carbonyl (C=O) groups is 2. The highest BCUT2D eigenvalue weighted by Crippen LogP contribution is 2.18. The lowest BCUT2D eigenvalue weighted by molar-refractivity contribution is -0.147. The van der Waals surface area contributed by atoms with Crippen molar-refractivity contribution in [3.63, 3.8) is 0 Å². The first-order valence-corrected chi connectivity index (χ1v) is 6.09. The quantitative estimate of drug-likeness (QED) is 0.230. The summed E-state index contributed by atoms with van der Waals surface area (Å²) in [6, 6.07) is 0. The summed E-state index contributed by atoms with van der Waals surface area (Å²) in [5.74, 6) is -0.845. The Morgan fingerprint density at radius 3 is 1.72 bits per heavy atom. The minimum Gasteiger partial charge on any atom is -0.500 e. The molecule has 0 radical (unpaired) electrons. The molecule has 0 fully saturated rings. The predicted octanol–water partition coefficient (Wildman–Crippen LogP) is 2.06. The molecule has 0 aliphatic rings. The molecule has 0 rings (SSSR count). The normalized spacial score (nSPS) is 9.89. The second-order valence-corrected chi connectivity index (χ2v) is 4.04. The third-order valence-electron chi connectivity index (χ3n) is 2.08. The van der Waals surface area contributed by atoms with E-state index >= 15 is 0 Å². The fourth-order valence-corrected chi connectivity index (χ4v) is 1.38. The first-order valence-electron chi connectivity index (χ1n) is 6.09. The van der Waals surface area contributed by atoms with Crippen LogP contribution >= 0.6 is 0 Å². The Hall–Kier alpha value is -1.52. The zero-order valence-corrected chi connectivity index (χ0v) is 11.7. The zero-order chi connectivity index (χ0) is 14.1. The molecule has 0 aromatic heterocycles. The predicted molar refractivity (Wildman–Crippen MR) is 66.8 cm³/mol. The van der Waals surface area contributed by atoms with Crippen molar-refractivity contribution in [2.24, 2.45) is 5.92 Å². The minimum atomic E-state index is -0.701. The average Bonchev–Trinajstić information content (AvgIpc) is 2.28. The second kappa shape index (κ2) is 8.55. The van der Waals surface area contributed by atoms with E-state index in [1.807, 2.05) is 13.8 Å². The SMILES string of the molecule is CCOC(=O)C(C(=O)OCC)=C(CC(C)C)OC. The van der Waals surface area contributed by atoms with Crippen molar-refractivity contribution in [1.82, 2.24) is 0 Å². The van der Waals surface area contributed by atoms with Crippen LogP contribution in [0.5, 0.6) is 0 Å². The maximum absolute atomic E-state index is 11.8. The van der Waals surface area contributed by atoms with Gasteiger partial charge in [-0.1, -0.05) is 13.8 Å². The standard InChI is InChI=1S/C13H22O5/c1-6-17-12(14)11(13(15)18-7-2)10(16-5)8-9(3)4/h9H,6-8H2,1-5H3. The molecule has 18 heavy (non-hydrogen) atoms. The molecule has 0 N–H and O–H groups in total. The molecule has 0 aromatic rings. The molecule has 0 aliphatic carbocycles. The summed E-state index contributed by atoms with van der Waals surface area (Å²) in [5.41, 5.74) is -0.144. The fraction of sp³-hybridized carbons (Fsp3) is 0.692. The van der Waals surface area contributed by atoms with Crippen LogP contribution in [0.15, 0.2) is 11.3 Å². The van der Waals surface area contributed by atoms with Gasteiger partial charge in [0.15, 0.2) is 5.57 Å². The van der Waals surface area contributed by atoms with Gasteiger partial charge in [-0.25, -0.2) is 9.59 Å². The fourth-order valence-electron chi connectivity index (χ4n) is 1.38. The van der Waals surface area contributed by atoms with E-state index in [1.165, 1.54) is 7.11 Å². The number of carbonyl (C=O) groups excluding carboxylic acids is 2. The van der Waals surface area contributed by atoms with Crippen LogP contribution in [0.3, 0.4) is 0 Å². The summed E-state index contributed by atoms with van der Waals surface area (Å²) in [6.07, 6.45) is 0.476. The average molecular weight is 258 g/mol. The Balaban J connectivity index is 5.31. The van der Waals surface area contributed by atoms with Crippen molar-refractivity contribution in [3.8, 4) is 0 Å². The number of rotatable bonds is 7. The third kappa shape index (κ3) is 5.21. The van der Waals surface area contributed by atoms with Gasteiger partial charge in [-0.3, -0.25) is 0 Å². The van der Waals surface area contributed by atoms with Crippen molar-refractivity contribution in [1.29, 1.82) is 0 Å². The van der Waals surface area contributed by atoms with Crippen LogP contribution in [0.4, 0.5) is 0 Å². The number of ether oxygens (including phenoxy) is 3. The molecule has 104 valence electrons. The van der Waals surface area contributed by atoms with E-state index in [0.29, 0.717) is 12.2 Å². The van der Waals surface area contributed by atoms with E-state index in [0.717, 1.165) is 0 Å². The molecule has 5 heteroatoms. The van der Waals surface area contributed by atoms with Gasteiger partial charge in [0.25, 0.3) is 0 Å². The molecule has 0 aromatic carbocycles. The van der Waals surface area contributed by atoms with Gasteiger partial charge >= 0.3 is 11.9 Å². The van der Waals surface area contributed by atoms with Crippen molar-refractivity contribution in [2.45, 2.75) is 34.1 Å². The Bertz CT molecular complexity index is 297. The summed E-state index contributed by atoms with van der Waals surface area (Å²) >= 11 is 0. The Labute approximate surface area is 108 Å². The molecular weight excluding hydrogens is 236 g/mol. The van der Waals surface area contributed by atoms with Gasteiger partial charge in [-0.2, -0.15) is 0 Å². The lowest BCUT2D eigenvalue weighted by Gasteiger charge is -2.14. The number of hydrogen-bond acceptors (Lipinski definition) is 5. The number of hydrogen-bond donors (Lipinski definition) is 0. The van der Waals surface area contributed by atoms with Crippen LogP contribution in [-0.2, 0) is 23.8 Å². The summed E-state index contributed by atoms with van der Waals surface area (Å²) < 4.78 is 14.9. The Morgan fingerprint density at radius 1 is 1.00 bits per heavy atom. The van der Waals surface area contributed by atoms with E-state index in [2.05, 4.69) is 0 Å². The van der Waals surface area contributed by atoms with Crippen molar-refractivity contribution < 1.29 is 23.8 Å².